The summed E-state index contributed by atoms with van der Waals surface area (Å²) in [6.07, 6.45) is 6.33. The lowest BCUT2D eigenvalue weighted by Crippen LogP contribution is -2.06. The van der Waals surface area contributed by atoms with E-state index >= 15 is 0 Å². The molecule has 0 spiro atoms. The predicted molar refractivity (Wildman–Crippen MR) is 135 cm³/mol. The van der Waals surface area contributed by atoms with Crippen molar-refractivity contribution in [1.29, 1.82) is 0 Å². The number of allylic oxidation sites excluding steroid dienone is 2. The van der Waals surface area contributed by atoms with Gasteiger partial charge < -0.3 is 10.6 Å². The van der Waals surface area contributed by atoms with Crippen molar-refractivity contribution >= 4 is 46.9 Å². The van der Waals surface area contributed by atoms with Crippen LogP contribution in [0.4, 0.5) is 11.4 Å². The quantitative estimate of drug-likeness (QED) is 0.354. The molecule has 0 aliphatic heterocycles. The third kappa shape index (κ3) is 7.24. The van der Waals surface area contributed by atoms with Gasteiger partial charge in [0.1, 0.15) is 0 Å². The zero-order valence-corrected chi connectivity index (χ0v) is 18.9. The van der Waals surface area contributed by atoms with Crippen LogP contribution in [0.15, 0.2) is 84.9 Å². The molecule has 0 saturated heterocycles. The first-order valence-electron chi connectivity index (χ1n) is 10.6. The third-order valence-electron chi connectivity index (χ3n) is 4.70. The van der Waals surface area contributed by atoms with Crippen LogP contribution in [0.3, 0.4) is 0 Å². The summed E-state index contributed by atoms with van der Waals surface area (Å²) >= 11 is 0. The fourth-order valence-corrected chi connectivity index (χ4v) is 3.21. The van der Waals surface area contributed by atoms with Crippen LogP contribution >= 0.6 is 0 Å². The summed E-state index contributed by atoms with van der Waals surface area (Å²) in [5.41, 5.74) is 3.65. The number of rotatable bonds is 8. The number of anilines is 2. The molecule has 170 valence electrons. The molecule has 2 amide bonds. The van der Waals surface area contributed by atoms with Crippen molar-refractivity contribution in [3.63, 3.8) is 0 Å². The van der Waals surface area contributed by atoms with Crippen molar-refractivity contribution in [2.45, 2.75) is 13.8 Å². The maximum absolute atomic E-state index is 12.5. The minimum Gasteiger partial charge on any atom is -0.326 e. The Kier molecular flexibility index (Phi) is 8.02. The SMILES string of the molecule is CC(=O)Nc1cccc(C(=O)/C=C/c2cccc(/C=C/C(=O)c3cccc(NC(C)=O)c3)c2)c1. The first kappa shape index (κ1) is 24.1. The molecule has 0 atom stereocenters. The summed E-state index contributed by atoms with van der Waals surface area (Å²) in [6, 6.07) is 20.9. The van der Waals surface area contributed by atoms with Gasteiger partial charge in [0, 0.05) is 36.3 Å². The number of benzene rings is 3. The molecule has 3 rings (SSSR count). The van der Waals surface area contributed by atoms with Crippen LogP contribution in [-0.4, -0.2) is 23.4 Å². The molecule has 0 saturated carbocycles. The molecule has 2 N–H and O–H groups in total. The third-order valence-corrected chi connectivity index (χ3v) is 4.70. The highest BCUT2D eigenvalue weighted by molar-refractivity contribution is 6.08. The zero-order chi connectivity index (χ0) is 24.5. The fourth-order valence-electron chi connectivity index (χ4n) is 3.21. The first-order chi connectivity index (χ1) is 16.3. The Morgan fingerprint density at radius 1 is 0.588 bits per heavy atom. The molecule has 34 heavy (non-hydrogen) atoms. The van der Waals surface area contributed by atoms with Crippen molar-refractivity contribution in [3.8, 4) is 0 Å². The smallest absolute Gasteiger partial charge is 0.221 e. The van der Waals surface area contributed by atoms with Crippen molar-refractivity contribution in [2.24, 2.45) is 0 Å². The predicted octanol–water partition coefficient (Wildman–Crippen LogP) is 5.40. The van der Waals surface area contributed by atoms with E-state index in [1.54, 1.807) is 60.7 Å². The molecule has 6 heteroatoms. The highest BCUT2D eigenvalue weighted by Crippen LogP contribution is 2.15. The van der Waals surface area contributed by atoms with Crippen molar-refractivity contribution < 1.29 is 19.2 Å². The molecule has 0 aromatic heterocycles. The second-order valence-electron chi connectivity index (χ2n) is 7.59. The molecule has 0 radical (unpaired) electrons. The van der Waals surface area contributed by atoms with E-state index in [2.05, 4.69) is 10.6 Å². The molecule has 0 heterocycles. The van der Waals surface area contributed by atoms with Gasteiger partial charge in [0.05, 0.1) is 0 Å². The summed E-state index contributed by atoms with van der Waals surface area (Å²) in [4.78, 5) is 47.5. The molecule has 3 aromatic carbocycles. The van der Waals surface area contributed by atoms with Gasteiger partial charge in [-0.2, -0.15) is 0 Å². The van der Waals surface area contributed by atoms with E-state index in [4.69, 9.17) is 0 Å². The number of amides is 2. The summed E-state index contributed by atoms with van der Waals surface area (Å²) in [7, 11) is 0. The first-order valence-corrected chi connectivity index (χ1v) is 10.6. The Bertz CT molecular complexity index is 1210. The summed E-state index contributed by atoms with van der Waals surface area (Å²) in [6.45, 7) is 2.82. The van der Waals surface area contributed by atoms with Crippen LogP contribution in [0.25, 0.3) is 12.2 Å². The van der Waals surface area contributed by atoms with E-state index in [0.29, 0.717) is 22.5 Å². The number of hydrogen-bond acceptors (Lipinski definition) is 4. The van der Waals surface area contributed by atoms with Crippen LogP contribution in [0.1, 0.15) is 45.7 Å². The van der Waals surface area contributed by atoms with Crippen molar-refractivity contribution in [3.05, 3.63) is 107 Å². The second-order valence-corrected chi connectivity index (χ2v) is 7.59. The molecule has 0 bridgehead atoms. The van der Waals surface area contributed by atoms with Crippen LogP contribution in [0.5, 0.6) is 0 Å². The molecular formula is C28H24N2O4. The van der Waals surface area contributed by atoms with Gasteiger partial charge in [0.2, 0.25) is 11.8 Å². The van der Waals surface area contributed by atoms with Gasteiger partial charge in [0.25, 0.3) is 0 Å². The molecule has 0 aliphatic carbocycles. The van der Waals surface area contributed by atoms with E-state index in [1.807, 2.05) is 24.3 Å². The lowest BCUT2D eigenvalue weighted by molar-refractivity contribution is -0.115. The Morgan fingerprint density at radius 3 is 1.41 bits per heavy atom. The van der Waals surface area contributed by atoms with Gasteiger partial charge in [-0.3, -0.25) is 19.2 Å². The lowest BCUT2D eigenvalue weighted by atomic mass is 10.1. The fraction of sp³-hybridized carbons (Fsp3) is 0.0714. The van der Waals surface area contributed by atoms with Crippen LogP contribution in [0.2, 0.25) is 0 Å². The van der Waals surface area contributed by atoms with Gasteiger partial charge in [-0.15, -0.1) is 0 Å². The Labute approximate surface area is 198 Å². The molecule has 3 aromatic rings. The van der Waals surface area contributed by atoms with E-state index in [9.17, 15) is 19.2 Å². The number of hydrogen-bond donors (Lipinski definition) is 2. The van der Waals surface area contributed by atoms with Gasteiger partial charge >= 0.3 is 0 Å². The van der Waals surface area contributed by atoms with Gasteiger partial charge in [-0.05, 0) is 53.6 Å². The van der Waals surface area contributed by atoms with Gasteiger partial charge in [-0.1, -0.05) is 54.6 Å². The maximum Gasteiger partial charge on any atom is 0.221 e. The summed E-state index contributed by atoms with van der Waals surface area (Å²) < 4.78 is 0. The Balaban J connectivity index is 1.69. The van der Waals surface area contributed by atoms with E-state index in [-0.39, 0.29) is 23.4 Å². The maximum atomic E-state index is 12.5. The Morgan fingerprint density at radius 2 is 1.00 bits per heavy atom. The average Bonchev–Trinajstić information content (AvgIpc) is 2.81. The van der Waals surface area contributed by atoms with Crippen LogP contribution < -0.4 is 10.6 Å². The minimum absolute atomic E-state index is 0.192. The number of carbonyl (C=O) groups excluding carboxylic acids is 4. The largest absolute Gasteiger partial charge is 0.326 e. The number of nitrogens with one attached hydrogen (secondary N) is 2. The second kappa shape index (κ2) is 11.3. The molecule has 0 unspecified atom stereocenters. The highest BCUT2D eigenvalue weighted by Gasteiger charge is 2.05. The van der Waals surface area contributed by atoms with Crippen molar-refractivity contribution in [1.82, 2.24) is 0 Å². The number of ketones is 2. The van der Waals surface area contributed by atoms with E-state index in [0.717, 1.165) is 11.1 Å². The monoisotopic (exact) mass is 452 g/mol. The summed E-state index contributed by atoms with van der Waals surface area (Å²) in [5, 5.41) is 5.32. The van der Waals surface area contributed by atoms with Crippen LogP contribution in [-0.2, 0) is 9.59 Å². The summed E-state index contributed by atoms with van der Waals surface area (Å²) in [5.74, 6) is -0.794. The molecule has 0 fully saturated rings. The van der Waals surface area contributed by atoms with Crippen LogP contribution in [0, 0.1) is 0 Å². The van der Waals surface area contributed by atoms with Gasteiger partial charge in [-0.25, -0.2) is 0 Å². The molecular weight excluding hydrogens is 428 g/mol. The minimum atomic E-state index is -0.205. The molecule has 6 nitrogen and oxygen atoms in total. The van der Waals surface area contributed by atoms with Gasteiger partial charge in [0.15, 0.2) is 11.6 Å². The zero-order valence-electron chi connectivity index (χ0n) is 18.9. The molecule has 0 aliphatic rings. The number of carbonyl (C=O) groups is 4. The standard InChI is InChI=1S/C28H24N2O4/c1-19(31)29-25-10-4-8-23(17-25)27(33)14-12-21-6-3-7-22(16-21)13-15-28(34)24-9-5-11-26(18-24)30-20(2)32/h3-18H,1-2H3,(H,29,31)(H,30,32)/b14-12+,15-13+. The lowest BCUT2D eigenvalue weighted by Gasteiger charge is -2.03. The average molecular weight is 453 g/mol. The highest BCUT2D eigenvalue weighted by atomic mass is 16.2. The van der Waals surface area contributed by atoms with Crippen molar-refractivity contribution in [2.75, 3.05) is 10.6 Å². The van der Waals surface area contributed by atoms with E-state index < -0.39 is 0 Å². The normalized spacial score (nSPS) is 10.9. The topological polar surface area (TPSA) is 92.3 Å². The van der Waals surface area contributed by atoms with E-state index in [1.165, 1.54) is 26.0 Å². The Hall–Kier alpha value is -4.58.